The number of hydrogen-bond donors (Lipinski definition) is 1. The summed E-state index contributed by atoms with van der Waals surface area (Å²) in [5.74, 6) is -0.173. The summed E-state index contributed by atoms with van der Waals surface area (Å²) >= 11 is 0. The number of hydrogen-bond acceptors (Lipinski definition) is 4. The molecule has 3 rings (SSSR count). The van der Waals surface area contributed by atoms with Gasteiger partial charge in [-0.25, -0.2) is 0 Å². The van der Waals surface area contributed by atoms with E-state index < -0.39 is 0 Å². The molecule has 116 valence electrons. The van der Waals surface area contributed by atoms with Gasteiger partial charge >= 0.3 is 0 Å². The first-order chi connectivity index (χ1) is 10.7. The van der Waals surface area contributed by atoms with E-state index in [1.807, 2.05) is 30.3 Å². The minimum atomic E-state index is -0.173. The molecule has 0 saturated carbocycles. The van der Waals surface area contributed by atoms with E-state index in [-0.39, 0.29) is 5.91 Å². The molecule has 0 spiro atoms. The highest BCUT2D eigenvalue weighted by Gasteiger charge is 2.19. The van der Waals surface area contributed by atoms with E-state index in [4.69, 9.17) is 0 Å². The predicted molar refractivity (Wildman–Crippen MR) is 84.0 cm³/mol. The molecule has 22 heavy (non-hydrogen) atoms. The lowest BCUT2D eigenvalue weighted by Gasteiger charge is -2.23. The van der Waals surface area contributed by atoms with Gasteiger partial charge in [0, 0.05) is 12.6 Å². The van der Waals surface area contributed by atoms with Crippen LogP contribution in [0.5, 0.6) is 0 Å². The van der Waals surface area contributed by atoms with Gasteiger partial charge in [0.05, 0.1) is 11.9 Å². The summed E-state index contributed by atoms with van der Waals surface area (Å²) in [5, 5.41) is 11.3. The van der Waals surface area contributed by atoms with Crippen LogP contribution in [0.4, 0.5) is 0 Å². The highest BCUT2D eigenvalue weighted by Crippen LogP contribution is 2.11. The van der Waals surface area contributed by atoms with Crippen LogP contribution in [-0.4, -0.2) is 51.5 Å². The van der Waals surface area contributed by atoms with Gasteiger partial charge in [-0.2, -0.15) is 9.90 Å². The van der Waals surface area contributed by atoms with Gasteiger partial charge < -0.3 is 5.32 Å². The SMILES string of the molecule is CC(CNC(=O)c1cnn(-c2ccccc2)n1)N1CCCC1. The maximum absolute atomic E-state index is 12.2. The summed E-state index contributed by atoms with van der Waals surface area (Å²) in [7, 11) is 0. The Labute approximate surface area is 130 Å². The second-order valence-electron chi connectivity index (χ2n) is 5.66. The fraction of sp³-hybridized carbons (Fsp3) is 0.438. The van der Waals surface area contributed by atoms with Gasteiger partial charge in [-0.3, -0.25) is 9.69 Å². The molecule has 2 aromatic rings. The number of rotatable bonds is 5. The van der Waals surface area contributed by atoms with Gasteiger partial charge in [0.1, 0.15) is 0 Å². The minimum Gasteiger partial charge on any atom is -0.349 e. The fourth-order valence-corrected chi connectivity index (χ4v) is 2.70. The molecule has 2 heterocycles. The summed E-state index contributed by atoms with van der Waals surface area (Å²) in [6.07, 6.45) is 4.01. The first-order valence-electron chi connectivity index (χ1n) is 7.74. The van der Waals surface area contributed by atoms with Gasteiger partial charge in [0.15, 0.2) is 5.69 Å². The lowest BCUT2D eigenvalue weighted by atomic mass is 10.3. The number of benzene rings is 1. The summed E-state index contributed by atoms with van der Waals surface area (Å²) in [4.78, 5) is 16.0. The molecule has 6 heteroatoms. The molecule has 0 aliphatic carbocycles. The molecular formula is C16H21N5O. The Balaban J connectivity index is 1.57. The summed E-state index contributed by atoms with van der Waals surface area (Å²) in [5.41, 5.74) is 1.18. The predicted octanol–water partition coefficient (Wildman–Crippen LogP) is 1.48. The highest BCUT2D eigenvalue weighted by atomic mass is 16.2. The van der Waals surface area contributed by atoms with Crippen molar-refractivity contribution in [1.82, 2.24) is 25.2 Å². The summed E-state index contributed by atoms with van der Waals surface area (Å²) in [6, 6.07) is 9.91. The van der Waals surface area contributed by atoms with Crippen LogP contribution < -0.4 is 5.32 Å². The molecule has 1 aliphatic rings. The Morgan fingerprint density at radius 3 is 2.73 bits per heavy atom. The van der Waals surface area contributed by atoms with Crippen molar-refractivity contribution >= 4 is 5.91 Å². The zero-order valence-electron chi connectivity index (χ0n) is 12.8. The van der Waals surface area contributed by atoms with E-state index in [0.29, 0.717) is 18.3 Å². The lowest BCUT2D eigenvalue weighted by molar-refractivity contribution is 0.0935. The van der Waals surface area contributed by atoms with Crippen LogP contribution in [0.15, 0.2) is 36.5 Å². The molecule has 1 N–H and O–H groups in total. The first kappa shape index (κ1) is 14.7. The molecule has 1 unspecified atom stereocenters. The molecule has 1 saturated heterocycles. The van der Waals surface area contributed by atoms with Crippen molar-refractivity contribution < 1.29 is 4.79 Å². The average molecular weight is 299 g/mol. The maximum atomic E-state index is 12.2. The van der Waals surface area contributed by atoms with Crippen molar-refractivity contribution in [3.05, 3.63) is 42.2 Å². The van der Waals surface area contributed by atoms with Gasteiger partial charge in [0.2, 0.25) is 0 Å². The van der Waals surface area contributed by atoms with Gasteiger partial charge in [-0.05, 0) is 45.0 Å². The fourth-order valence-electron chi connectivity index (χ4n) is 2.70. The summed E-state index contributed by atoms with van der Waals surface area (Å²) < 4.78 is 0. The topological polar surface area (TPSA) is 63.1 Å². The van der Waals surface area contributed by atoms with Gasteiger partial charge in [-0.1, -0.05) is 18.2 Å². The number of nitrogens with zero attached hydrogens (tertiary/aromatic N) is 4. The van der Waals surface area contributed by atoms with Crippen LogP contribution in [0.25, 0.3) is 5.69 Å². The summed E-state index contributed by atoms with van der Waals surface area (Å²) in [6.45, 7) is 5.03. The third-order valence-corrected chi connectivity index (χ3v) is 4.03. The van der Waals surface area contributed by atoms with Crippen molar-refractivity contribution in [2.45, 2.75) is 25.8 Å². The number of carbonyl (C=O) groups is 1. The van der Waals surface area contributed by atoms with Crippen molar-refractivity contribution in [3.63, 3.8) is 0 Å². The van der Waals surface area contributed by atoms with Crippen molar-refractivity contribution in [2.75, 3.05) is 19.6 Å². The number of likely N-dealkylation sites (tertiary alicyclic amines) is 1. The number of carbonyl (C=O) groups excluding carboxylic acids is 1. The molecule has 1 aliphatic heterocycles. The molecule has 1 aromatic heterocycles. The first-order valence-corrected chi connectivity index (χ1v) is 7.74. The molecule has 6 nitrogen and oxygen atoms in total. The number of para-hydroxylation sites is 1. The quantitative estimate of drug-likeness (QED) is 0.908. The van der Waals surface area contributed by atoms with Crippen molar-refractivity contribution in [3.8, 4) is 5.69 Å². The average Bonchev–Trinajstić information content (AvgIpc) is 3.24. The smallest absolute Gasteiger partial charge is 0.273 e. The van der Waals surface area contributed by atoms with Crippen LogP contribution in [0.1, 0.15) is 30.3 Å². The minimum absolute atomic E-state index is 0.173. The normalized spacial score (nSPS) is 16.6. The standard InChI is InChI=1S/C16H21N5O/c1-13(20-9-5-6-10-20)11-17-16(22)15-12-18-21(19-15)14-7-3-2-4-8-14/h2-4,7-8,12-13H,5-6,9-11H2,1H3,(H,17,22). The Hall–Kier alpha value is -2.21. The van der Waals surface area contributed by atoms with E-state index in [1.165, 1.54) is 23.8 Å². The van der Waals surface area contributed by atoms with Crippen molar-refractivity contribution in [2.24, 2.45) is 0 Å². The maximum Gasteiger partial charge on any atom is 0.273 e. The van der Waals surface area contributed by atoms with Gasteiger partial charge in [-0.15, -0.1) is 5.10 Å². The number of aromatic nitrogens is 3. The number of amides is 1. The Bertz CT molecular complexity index is 618. The van der Waals surface area contributed by atoms with Crippen LogP contribution in [0, 0.1) is 0 Å². The van der Waals surface area contributed by atoms with Crippen LogP contribution in [0.3, 0.4) is 0 Å². The Morgan fingerprint density at radius 1 is 1.27 bits per heavy atom. The van der Waals surface area contributed by atoms with E-state index in [9.17, 15) is 4.79 Å². The lowest BCUT2D eigenvalue weighted by Crippen LogP contribution is -2.40. The highest BCUT2D eigenvalue weighted by molar-refractivity contribution is 5.91. The van der Waals surface area contributed by atoms with E-state index >= 15 is 0 Å². The third kappa shape index (κ3) is 3.33. The van der Waals surface area contributed by atoms with Crippen molar-refractivity contribution in [1.29, 1.82) is 0 Å². The second-order valence-corrected chi connectivity index (χ2v) is 5.66. The van der Waals surface area contributed by atoms with Crippen LogP contribution in [-0.2, 0) is 0 Å². The molecule has 1 amide bonds. The molecule has 0 radical (unpaired) electrons. The van der Waals surface area contributed by atoms with Crippen LogP contribution >= 0.6 is 0 Å². The molecule has 1 atom stereocenters. The monoisotopic (exact) mass is 299 g/mol. The van der Waals surface area contributed by atoms with Gasteiger partial charge in [0.25, 0.3) is 5.91 Å². The zero-order valence-corrected chi connectivity index (χ0v) is 12.8. The molecular weight excluding hydrogens is 278 g/mol. The second kappa shape index (κ2) is 6.70. The zero-order chi connectivity index (χ0) is 15.4. The molecule has 1 aromatic carbocycles. The molecule has 1 fully saturated rings. The van der Waals surface area contributed by atoms with Crippen LogP contribution in [0.2, 0.25) is 0 Å². The Kier molecular flexibility index (Phi) is 4.48. The number of nitrogens with one attached hydrogen (secondary N) is 1. The van der Waals surface area contributed by atoms with E-state index in [1.54, 1.807) is 0 Å². The Morgan fingerprint density at radius 2 is 2.00 bits per heavy atom. The van der Waals surface area contributed by atoms with E-state index in [0.717, 1.165) is 18.8 Å². The van der Waals surface area contributed by atoms with E-state index in [2.05, 4.69) is 27.3 Å². The largest absolute Gasteiger partial charge is 0.349 e. The third-order valence-electron chi connectivity index (χ3n) is 4.03. The molecule has 0 bridgehead atoms.